The molecule has 0 spiro atoms. The Hall–Kier alpha value is -0.0500. The van der Waals surface area contributed by atoms with Crippen molar-refractivity contribution in [1.29, 1.82) is 0 Å². The van der Waals surface area contributed by atoms with Crippen LogP contribution >= 0.6 is 35.8 Å². The van der Waals surface area contributed by atoms with Crippen molar-refractivity contribution in [3.8, 4) is 0 Å². The smallest absolute Gasteiger partial charge is 0.0653 e. The molecule has 1 rings (SSSR count). The molecule has 0 atom stereocenters. The Labute approximate surface area is 80.9 Å². The van der Waals surface area contributed by atoms with Crippen LogP contribution in [0.1, 0.15) is 5.56 Å². The fraction of sp³-hybridized carbons (Fsp3) is 0.143. The molecule has 4 heteroatoms. The van der Waals surface area contributed by atoms with Crippen LogP contribution in [0.25, 0.3) is 0 Å². The van der Waals surface area contributed by atoms with Gasteiger partial charge >= 0.3 is 0 Å². The highest BCUT2D eigenvalue weighted by Gasteiger charge is 2.05. The van der Waals surface area contributed by atoms with Gasteiger partial charge in [0.1, 0.15) is 0 Å². The minimum absolute atomic E-state index is 0.502. The molecule has 0 saturated heterocycles. The van der Waals surface area contributed by atoms with Crippen LogP contribution in [0.15, 0.2) is 12.1 Å². The molecule has 0 amide bonds. The number of anilines is 1. The van der Waals surface area contributed by atoms with E-state index in [1.807, 2.05) is 0 Å². The van der Waals surface area contributed by atoms with Gasteiger partial charge in [-0.3, -0.25) is 0 Å². The molecule has 0 fully saturated rings. The van der Waals surface area contributed by atoms with Gasteiger partial charge in [-0.2, -0.15) is 12.6 Å². The average molecular weight is 208 g/mol. The maximum absolute atomic E-state index is 5.84. The highest BCUT2D eigenvalue weighted by molar-refractivity contribution is 7.79. The summed E-state index contributed by atoms with van der Waals surface area (Å²) in [6.07, 6.45) is 0. The number of nitrogens with two attached hydrogens (primary N) is 1. The van der Waals surface area contributed by atoms with Crippen LogP contribution in [-0.2, 0) is 5.75 Å². The first-order valence-corrected chi connectivity index (χ1v) is 4.39. The van der Waals surface area contributed by atoms with E-state index in [0.717, 1.165) is 5.56 Å². The summed E-state index contributed by atoms with van der Waals surface area (Å²) in [7, 11) is 0. The van der Waals surface area contributed by atoms with Gasteiger partial charge in [0.2, 0.25) is 0 Å². The molecule has 1 aromatic rings. The van der Waals surface area contributed by atoms with Gasteiger partial charge < -0.3 is 5.73 Å². The monoisotopic (exact) mass is 207 g/mol. The first kappa shape index (κ1) is 9.04. The zero-order valence-corrected chi connectivity index (χ0v) is 8.05. The van der Waals surface area contributed by atoms with Crippen LogP contribution in [0.5, 0.6) is 0 Å². The second kappa shape index (κ2) is 3.57. The second-order valence-electron chi connectivity index (χ2n) is 2.09. The van der Waals surface area contributed by atoms with E-state index in [1.54, 1.807) is 12.1 Å². The summed E-state index contributed by atoms with van der Waals surface area (Å²) in [5.74, 6) is 0.505. The lowest BCUT2D eigenvalue weighted by molar-refractivity contribution is 1.43. The van der Waals surface area contributed by atoms with Gasteiger partial charge in [-0.15, -0.1) is 0 Å². The number of thiol groups is 1. The molecule has 0 saturated carbocycles. The maximum atomic E-state index is 5.84. The summed E-state index contributed by atoms with van der Waals surface area (Å²) in [6.45, 7) is 0. The van der Waals surface area contributed by atoms with Gasteiger partial charge in [0, 0.05) is 17.0 Å². The Morgan fingerprint density at radius 2 is 2.00 bits per heavy atom. The van der Waals surface area contributed by atoms with E-state index in [0.29, 0.717) is 21.5 Å². The molecule has 0 aliphatic rings. The predicted octanol–water partition coefficient (Wildman–Crippen LogP) is 3.01. The topological polar surface area (TPSA) is 26.0 Å². The van der Waals surface area contributed by atoms with E-state index in [-0.39, 0.29) is 0 Å². The van der Waals surface area contributed by atoms with Crippen molar-refractivity contribution >= 4 is 41.5 Å². The summed E-state index contributed by atoms with van der Waals surface area (Å²) >= 11 is 15.7. The highest BCUT2D eigenvalue weighted by atomic mass is 35.5. The van der Waals surface area contributed by atoms with Crippen LogP contribution in [0.2, 0.25) is 10.0 Å². The molecule has 0 unspecified atom stereocenters. The molecule has 0 aromatic heterocycles. The maximum Gasteiger partial charge on any atom is 0.0653 e. The van der Waals surface area contributed by atoms with Crippen molar-refractivity contribution in [2.24, 2.45) is 0 Å². The van der Waals surface area contributed by atoms with Crippen molar-refractivity contribution in [2.45, 2.75) is 5.75 Å². The average Bonchev–Trinajstić information content (AvgIpc) is 1.99. The van der Waals surface area contributed by atoms with Crippen molar-refractivity contribution in [1.82, 2.24) is 0 Å². The van der Waals surface area contributed by atoms with E-state index in [2.05, 4.69) is 12.6 Å². The summed E-state index contributed by atoms with van der Waals surface area (Å²) in [4.78, 5) is 0. The van der Waals surface area contributed by atoms with Crippen LogP contribution in [0, 0.1) is 0 Å². The molecule has 2 N–H and O–H groups in total. The van der Waals surface area contributed by atoms with E-state index in [1.165, 1.54) is 0 Å². The predicted molar refractivity (Wildman–Crippen MR) is 53.6 cm³/mol. The summed E-state index contributed by atoms with van der Waals surface area (Å²) in [6, 6.07) is 3.39. The second-order valence-corrected chi connectivity index (χ2v) is 3.19. The molecule has 0 aliphatic heterocycles. The number of benzene rings is 1. The van der Waals surface area contributed by atoms with Gasteiger partial charge in [0.05, 0.1) is 10.0 Å². The van der Waals surface area contributed by atoms with Crippen molar-refractivity contribution in [2.75, 3.05) is 5.73 Å². The number of hydrogen-bond acceptors (Lipinski definition) is 2. The van der Waals surface area contributed by atoms with Crippen molar-refractivity contribution < 1.29 is 0 Å². The van der Waals surface area contributed by atoms with Crippen molar-refractivity contribution in [3.63, 3.8) is 0 Å². The first-order chi connectivity index (χ1) is 5.16. The number of rotatable bonds is 1. The molecule has 11 heavy (non-hydrogen) atoms. The molecule has 0 heterocycles. The fourth-order valence-corrected chi connectivity index (χ4v) is 1.62. The molecule has 0 aliphatic carbocycles. The zero-order valence-electron chi connectivity index (χ0n) is 5.64. The van der Waals surface area contributed by atoms with Gasteiger partial charge in [0.15, 0.2) is 0 Å². The third-order valence-corrected chi connectivity index (χ3v) is 2.55. The third kappa shape index (κ3) is 1.75. The lowest BCUT2D eigenvalue weighted by Crippen LogP contribution is -1.92. The SMILES string of the molecule is Nc1ccc(Cl)c(Cl)c1CS. The van der Waals surface area contributed by atoms with Gasteiger partial charge in [-0.25, -0.2) is 0 Å². The van der Waals surface area contributed by atoms with Gasteiger partial charge in [-0.1, -0.05) is 23.2 Å². The Bertz CT molecular complexity index is 275. The van der Waals surface area contributed by atoms with Crippen LogP contribution in [0.4, 0.5) is 5.69 Å². The standard InChI is InChI=1S/C7H7Cl2NS/c8-5-1-2-6(10)4(3-11)7(5)9/h1-2,11H,3,10H2. The zero-order chi connectivity index (χ0) is 8.43. The summed E-state index contributed by atoms with van der Waals surface area (Å²) in [5.41, 5.74) is 7.04. The van der Waals surface area contributed by atoms with Gasteiger partial charge in [0.25, 0.3) is 0 Å². The minimum atomic E-state index is 0.502. The molecule has 1 nitrogen and oxygen atoms in total. The number of nitrogen functional groups attached to an aromatic ring is 1. The highest BCUT2D eigenvalue weighted by Crippen LogP contribution is 2.30. The van der Waals surface area contributed by atoms with E-state index < -0.39 is 0 Å². The summed E-state index contributed by atoms with van der Waals surface area (Å²) < 4.78 is 0. The minimum Gasteiger partial charge on any atom is -0.398 e. The van der Waals surface area contributed by atoms with Gasteiger partial charge in [-0.05, 0) is 12.1 Å². The molecular weight excluding hydrogens is 201 g/mol. The Morgan fingerprint density at radius 1 is 1.36 bits per heavy atom. The number of hydrogen-bond donors (Lipinski definition) is 2. The molecule has 0 radical (unpaired) electrons. The lowest BCUT2D eigenvalue weighted by atomic mass is 10.2. The summed E-state index contributed by atoms with van der Waals surface area (Å²) in [5, 5.41) is 1.02. The molecule has 1 aromatic carbocycles. The van der Waals surface area contributed by atoms with E-state index in [4.69, 9.17) is 28.9 Å². The molecular formula is C7H7Cl2NS. The van der Waals surface area contributed by atoms with E-state index in [9.17, 15) is 0 Å². The fourth-order valence-electron chi connectivity index (χ4n) is 0.768. The van der Waals surface area contributed by atoms with Crippen molar-refractivity contribution in [3.05, 3.63) is 27.7 Å². The quantitative estimate of drug-likeness (QED) is 0.538. The lowest BCUT2D eigenvalue weighted by Gasteiger charge is -2.05. The Balaban J connectivity index is 3.29. The van der Waals surface area contributed by atoms with Crippen LogP contribution in [-0.4, -0.2) is 0 Å². The Kier molecular flexibility index (Phi) is 2.93. The molecule has 0 bridgehead atoms. The normalized spacial score (nSPS) is 10.1. The van der Waals surface area contributed by atoms with Crippen LogP contribution in [0.3, 0.4) is 0 Å². The first-order valence-electron chi connectivity index (χ1n) is 3.00. The van der Waals surface area contributed by atoms with Crippen LogP contribution < -0.4 is 5.73 Å². The Morgan fingerprint density at radius 3 is 2.45 bits per heavy atom. The molecule has 60 valence electrons. The third-order valence-electron chi connectivity index (χ3n) is 1.39. The van der Waals surface area contributed by atoms with E-state index >= 15 is 0 Å². The number of halogens is 2. The largest absolute Gasteiger partial charge is 0.398 e.